The molecule has 1 N–H and O–H groups in total. The number of nitrogens with one attached hydrogen (secondary N) is 1. The van der Waals surface area contributed by atoms with Crippen LogP contribution in [-0.2, 0) is 61.9 Å². The molecule has 0 aromatic carbocycles. The van der Waals surface area contributed by atoms with Gasteiger partial charge in [-0.1, -0.05) is 90.0 Å². The molecule has 5 rings (SSSR count). The highest BCUT2D eigenvalue weighted by Crippen LogP contribution is 2.61. The number of unbranched alkanes of at least 4 members (excludes halogenated alkanes) is 9. The lowest BCUT2D eigenvalue weighted by Gasteiger charge is -2.56. The Labute approximate surface area is 481 Å². The number of hydrogen-bond donors (Lipinski definition) is 1. The van der Waals surface area contributed by atoms with Gasteiger partial charge in [-0.15, -0.1) is 0 Å². The minimum absolute atomic E-state index is 0.00342. The molecule has 5 aliphatic rings. The third-order valence-corrected chi connectivity index (χ3v) is 16.6. The van der Waals surface area contributed by atoms with E-state index in [0.717, 1.165) is 83.8 Å². The maximum absolute atomic E-state index is 14.0. The molecule has 1 amide bonds. The predicted octanol–water partition coefficient (Wildman–Crippen LogP) is 12.8. The molecule has 1 atom stereocenters. The number of hydrogen-bond acceptors (Lipinski definition) is 15. The van der Waals surface area contributed by atoms with E-state index in [1.54, 1.807) is 0 Å². The number of allylic oxidation sites excluding steroid dienone is 2. The summed E-state index contributed by atoms with van der Waals surface area (Å²) in [6.45, 7) is 9.24. The summed E-state index contributed by atoms with van der Waals surface area (Å²) in [5.41, 5.74) is -1.55. The number of carbonyl (C=O) groups is 7. The molecule has 456 valence electrons. The molecule has 5 fully saturated rings. The summed E-state index contributed by atoms with van der Waals surface area (Å²) < 4.78 is 40.2. The van der Waals surface area contributed by atoms with Crippen molar-refractivity contribution in [1.29, 1.82) is 0 Å². The van der Waals surface area contributed by atoms with Crippen molar-refractivity contribution >= 4 is 41.9 Å². The number of rotatable bonds is 46. The van der Waals surface area contributed by atoms with Crippen LogP contribution in [0, 0.1) is 34.5 Å². The van der Waals surface area contributed by atoms with E-state index in [2.05, 4.69) is 43.1 Å². The molecule has 0 aromatic rings. The number of amides is 1. The molecule has 1 aliphatic heterocycles. The van der Waals surface area contributed by atoms with Crippen LogP contribution < -0.4 is 5.32 Å². The molecule has 0 radical (unpaired) electrons. The Morgan fingerprint density at radius 1 is 0.487 bits per heavy atom. The zero-order valence-corrected chi connectivity index (χ0v) is 49.9. The van der Waals surface area contributed by atoms with Crippen LogP contribution in [0.15, 0.2) is 24.3 Å². The third kappa shape index (κ3) is 30.0. The van der Waals surface area contributed by atoms with E-state index in [1.807, 2.05) is 12.2 Å². The SMILES string of the molecule is CCCCC/C=C\CCOC(=O)CCCCC(=O)OCC(COC(=O)CCCCC(=O)OCC/C=C\CCCCC)(COC(=O)CCC(CCCC)CCOC(=O)NCCN1CCCC1)COC(=O)CC12CC3CC(CC(C3)C1)C2. The monoisotopic (exact) mass is 1130 g/mol. The van der Waals surface area contributed by atoms with Gasteiger partial charge in [0.15, 0.2) is 0 Å². The molecule has 1 saturated heterocycles. The molecule has 16 nitrogen and oxygen atoms in total. The Morgan fingerprint density at radius 2 is 0.925 bits per heavy atom. The van der Waals surface area contributed by atoms with Crippen molar-refractivity contribution in [2.45, 2.75) is 233 Å². The maximum atomic E-state index is 14.0. The standard InChI is InChI=1S/C64H106N2O14/c1-4-7-10-12-14-16-24-38-74-56(67)27-18-20-29-58(69)77-48-64(51-80-61(72)47-63-44-53-41-54(45-63)43-55(42-53)46-63,49-78-59(70)30-21-19-28-57(68)75-39-25-17-15-13-11-8-5-2)50-79-60(71)32-31-52(26-9-6-3)33-40-76-62(73)65-34-37-66-35-22-23-36-66/h14-17,52-55H,4-13,18-51H2,1-3H3,(H,65,73)/b16-14-,17-15-. The number of alkyl carbamates (subject to hydrolysis) is 1. The number of esters is 6. The Hall–Kier alpha value is -4.47. The molecule has 4 aliphatic carbocycles. The van der Waals surface area contributed by atoms with Gasteiger partial charge in [0.2, 0.25) is 0 Å². The summed E-state index contributed by atoms with van der Waals surface area (Å²) in [5, 5.41) is 2.85. The van der Waals surface area contributed by atoms with Gasteiger partial charge in [-0.05, 0) is 171 Å². The minimum Gasteiger partial charge on any atom is -0.465 e. The lowest BCUT2D eigenvalue weighted by atomic mass is 9.49. The van der Waals surface area contributed by atoms with Crippen molar-refractivity contribution in [1.82, 2.24) is 10.2 Å². The topological polar surface area (TPSA) is 199 Å². The Kier molecular flexibility index (Phi) is 34.6. The fourth-order valence-corrected chi connectivity index (χ4v) is 12.4. The zero-order valence-electron chi connectivity index (χ0n) is 49.9. The quantitative estimate of drug-likeness (QED) is 0.0261. The second-order valence-electron chi connectivity index (χ2n) is 24.1. The van der Waals surface area contributed by atoms with E-state index in [-0.39, 0.29) is 101 Å². The van der Waals surface area contributed by atoms with Gasteiger partial charge in [0.1, 0.15) is 31.8 Å². The average Bonchev–Trinajstić information content (AvgIpc) is 4.11. The number of likely N-dealkylation sites (tertiary alicyclic amines) is 1. The van der Waals surface area contributed by atoms with Crippen molar-refractivity contribution in [3.05, 3.63) is 24.3 Å². The lowest BCUT2D eigenvalue weighted by molar-refractivity contribution is -0.173. The van der Waals surface area contributed by atoms with Gasteiger partial charge in [0.25, 0.3) is 0 Å². The normalized spacial score (nSPS) is 20.0. The highest BCUT2D eigenvalue weighted by molar-refractivity contribution is 5.72. The first-order chi connectivity index (χ1) is 38.8. The second-order valence-corrected chi connectivity index (χ2v) is 24.1. The first kappa shape index (κ1) is 68.0. The average molecular weight is 1130 g/mol. The molecule has 0 aromatic heterocycles. The molecule has 80 heavy (non-hydrogen) atoms. The summed E-state index contributed by atoms with van der Waals surface area (Å²) >= 11 is 0. The molecule has 1 heterocycles. The lowest BCUT2D eigenvalue weighted by Crippen LogP contribution is -2.47. The predicted molar refractivity (Wildman–Crippen MR) is 308 cm³/mol. The van der Waals surface area contributed by atoms with Gasteiger partial charge in [-0.25, -0.2) is 4.79 Å². The van der Waals surface area contributed by atoms with Crippen molar-refractivity contribution in [3.8, 4) is 0 Å². The summed E-state index contributed by atoms with van der Waals surface area (Å²) in [5.74, 6) is -0.711. The van der Waals surface area contributed by atoms with Crippen LogP contribution >= 0.6 is 0 Å². The Bertz CT molecular complexity index is 1760. The van der Waals surface area contributed by atoms with E-state index in [4.69, 9.17) is 33.2 Å². The highest BCUT2D eigenvalue weighted by Gasteiger charge is 2.52. The van der Waals surface area contributed by atoms with Gasteiger partial charge in [0, 0.05) is 45.2 Å². The largest absolute Gasteiger partial charge is 0.465 e. The molecule has 4 saturated carbocycles. The third-order valence-electron chi connectivity index (χ3n) is 16.6. The van der Waals surface area contributed by atoms with Crippen molar-refractivity contribution in [2.75, 3.05) is 72.4 Å². The van der Waals surface area contributed by atoms with E-state index in [1.165, 1.54) is 57.8 Å². The molecule has 4 bridgehead atoms. The minimum atomic E-state index is -1.45. The van der Waals surface area contributed by atoms with Crippen LogP contribution in [0.25, 0.3) is 0 Å². The summed E-state index contributed by atoms with van der Waals surface area (Å²) in [6.07, 6.45) is 33.3. The van der Waals surface area contributed by atoms with Crippen molar-refractivity contribution in [3.63, 3.8) is 0 Å². The van der Waals surface area contributed by atoms with Gasteiger partial charge in [0.05, 0.1) is 26.2 Å². The van der Waals surface area contributed by atoms with Crippen LogP contribution in [0.5, 0.6) is 0 Å². The van der Waals surface area contributed by atoms with Crippen LogP contribution in [0.1, 0.15) is 233 Å². The zero-order chi connectivity index (χ0) is 57.5. The van der Waals surface area contributed by atoms with E-state index >= 15 is 0 Å². The summed E-state index contributed by atoms with van der Waals surface area (Å²) in [4.78, 5) is 94.3. The van der Waals surface area contributed by atoms with Gasteiger partial charge < -0.3 is 43.4 Å². The van der Waals surface area contributed by atoms with Gasteiger partial charge >= 0.3 is 41.9 Å². The Balaban J connectivity index is 1.37. The summed E-state index contributed by atoms with van der Waals surface area (Å²) in [7, 11) is 0. The van der Waals surface area contributed by atoms with E-state index in [9.17, 15) is 33.6 Å². The van der Waals surface area contributed by atoms with Crippen LogP contribution in [0.4, 0.5) is 4.79 Å². The highest BCUT2D eigenvalue weighted by atomic mass is 16.6. The molecule has 16 heteroatoms. The van der Waals surface area contributed by atoms with Gasteiger partial charge in [-0.3, -0.25) is 28.8 Å². The molecular formula is C64H106N2O14. The maximum Gasteiger partial charge on any atom is 0.407 e. The number of carbonyl (C=O) groups excluding carboxylic acids is 7. The smallest absolute Gasteiger partial charge is 0.407 e. The van der Waals surface area contributed by atoms with Crippen molar-refractivity contribution in [2.24, 2.45) is 34.5 Å². The number of ether oxygens (including phenoxy) is 7. The van der Waals surface area contributed by atoms with Gasteiger partial charge in [-0.2, -0.15) is 0 Å². The first-order valence-electron chi connectivity index (χ1n) is 31.7. The number of nitrogens with zero attached hydrogens (tertiary/aromatic N) is 1. The summed E-state index contributed by atoms with van der Waals surface area (Å²) in [6, 6.07) is 0. The van der Waals surface area contributed by atoms with Crippen molar-refractivity contribution < 1.29 is 66.7 Å². The van der Waals surface area contributed by atoms with E-state index < -0.39 is 29.4 Å². The molecular weight excluding hydrogens is 1020 g/mol. The van der Waals surface area contributed by atoms with Crippen LogP contribution in [-0.4, -0.2) is 119 Å². The molecule has 0 spiro atoms. The Morgan fingerprint density at radius 3 is 1.40 bits per heavy atom. The van der Waals surface area contributed by atoms with Crippen LogP contribution in [0.3, 0.4) is 0 Å². The molecule has 1 unspecified atom stereocenters. The first-order valence-corrected chi connectivity index (χ1v) is 31.7. The van der Waals surface area contributed by atoms with Crippen LogP contribution in [0.2, 0.25) is 0 Å². The fraction of sp³-hybridized carbons (Fsp3) is 0.828. The van der Waals surface area contributed by atoms with E-state index in [0.29, 0.717) is 88.9 Å². The second kappa shape index (κ2) is 40.7. The fourth-order valence-electron chi connectivity index (χ4n) is 12.4.